The van der Waals surface area contributed by atoms with Gasteiger partial charge in [-0.2, -0.15) is 0 Å². The first-order valence-corrected chi connectivity index (χ1v) is 15.6. The van der Waals surface area contributed by atoms with Crippen LogP contribution in [0.25, 0.3) is 0 Å². The van der Waals surface area contributed by atoms with Gasteiger partial charge in [0.05, 0.1) is 32.7 Å². The van der Waals surface area contributed by atoms with E-state index in [2.05, 4.69) is 53.5 Å². The Morgan fingerprint density at radius 2 is 1.46 bits per heavy atom. The largest absolute Gasteiger partial charge is 0.384 e. The summed E-state index contributed by atoms with van der Waals surface area (Å²) in [5, 5.41) is 0. The summed E-state index contributed by atoms with van der Waals surface area (Å²) in [5.41, 5.74) is 0. The zero-order chi connectivity index (χ0) is 31.7. The predicted molar refractivity (Wildman–Crippen MR) is 172 cm³/mol. The number of carbonyl (C=O) groups excluding carboxylic acids is 2. The third-order valence-electron chi connectivity index (χ3n) is 7.92. The third kappa shape index (κ3) is 16.0. The van der Waals surface area contributed by atoms with Crippen molar-refractivity contribution >= 4 is 43.1 Å². The first-order chi connectivity index (χ1) is 19.2. The number of nitrogens with zero attached hydrogens (tertiary/aromatic N) is 2. The van der Waals surface area contributed by atoms with Crippen molar-refractivity contribution in [2.75, 3.05) is 33.2 Å². The van der Waals surface area contributed by atoms with Gasteiger partial charge in [-0.3, -0.25) is 9.59 Å². The molecule has 0 aromatic rings. The van der Waals surface area contributed by atoms with E-state index in [0.29, 0.717) is 42.6 Å². The minimum atomic E-state index is -0.160. The highest BCUT2D eigenvalue weighted by atomic mass is 16.5. The molecule has 11 heteroatoms. The molecule has 3 heterocycles. The van der Waals surface area contributed by atoms with Crippen LogP contribution in [0.2, 0.25) is 6.32 Å². The number of Topliss-reactive ketones (excluding diaryl/α,β-unsaturated/α-hetero) is 1. The lowest BCUT2D eigenvalue weighted by Crippen LogP contribution is -2.45. The van der Waals surface area contributed by atoms with E-state index in [0.717, 1.165) is 45.2 Å². The van der Waals surface area contributed by atoms with Gasteiger partial charge < -0.3 is 24.0 Å². The van der Waals surface area contributed by atoms with E-state index in [4.69, 9.17) is 45.6 Å². The average Bonchev–Trinajstić information content (AvgIpc) is 3.39. The van der Waals surface area contributed by atoms with Crippen LogP contribution in [0.1, 0.15) is 87.5 Å². The first kappa shape index (κ1) is 40.2. The molecule has 8 radical (unpaired) electrons. The van der Waals surface area contributed by atoms with Gasteiger partial charge in [-0.05, 0) is 70.1 Å². The fourth-order valence-electron chi connectivity index (χ4n) is 5.23. The standard InChI is InChI=1S/C8H14BNO2.C8H15BO.C7H14BNO.C7H13BO/c1-3-4-10(6-7(2)11)8(12)5-9;1-4-7-5(2)6(3)8(9)10-7;1-3-6-4-9(2)5-7(8)10-6;1-3-6-5(2)4-7(8)9-6/h3-6H2,1-2H3;5-8H,4H2,1-3H3;6-7H,3-5H2,1-2H3;5-7H,3-4H2,1-2H3. The van der Waals surface area contributed by atoms with Crippen LogP contribution in [0.15, 0.2) is 0 Å². The molecule has 3 fully saturated rings. The van der Waals surface area contributed by atoms with Gasteiger partial charge in [0.1, 0.15) is 29.3 Å². The molecule has 3 aliphatic heterocycles. The Bertz CT molecular complexity index is 712. The Hall–Kier alpha value is -0.760. The van der Waals surface area contributed by atoms with E-state index in [1.807, 2.05) is 6.92 Å². The lowest BCUT2D eigenvalue weighted by Gasteiger charge is -2.34. The molecule has 0 aromatic carbocycles. The second-order valence-corrected chi connectivity index (χ2v) is 11.7. The molecule has 41 heavy (non-hydrogen) atoms. The quantitative estimate of drug-likeness (QED) is 0.418. The highest BCUT2D eigenvalue weighted by Gasteiger charge is 2.34. The lowest BCUT2D eigenvalue weighted by molar-refractivity contribution is -0.132. The second kappa shape index (κ2) is 21.9. The number of rotatable bonds is 8. The number of likely N-dealkylation sites (N-methyl/N-ethyl adjacent to an activating group) is 1. The van der Waals surface area contributed by atoms with Crippen molar-refractivity contribution in [3.8, 4) is 0 Å². The lowest BCUT2D eigenvalue weighted by atomic mass is 9.81. The summed E-state index contributed by atoms with van der Waals surface area (Å²) in [7, 11) is 24.2. The maximum atomic E-state index is 11.1. The minimum absolute atomic E-state index is 0.00458. The van der Waals surface area contributed by atoms with Gasteiger partial charge in [0.15, 0.2) is 0 Å². The van der Waals surface area contributed by atoms with Crippen LogP contribution >= 0.6 is 0 Å². The van der Waals surface area contributed by atoms with Gasteiger partial charge in [-0.25, -0.2) is 0 Å². The van der Waals surface area contributed by atoms with Crippen LogP contribution in [-0.2, 0) is 23.8 Å². The zero-order valence-electron chi connectivity index (χ0n) is 27.5. The van der Waals surface area contributed by atoms with E-state index >= 15 is 0 Å². The number of amides is 1. The van der Waals surface area contributed by atoms with E-state index in [9.17, 15) is 9.59 Å². The van der Waals surface area contributed by atoms with Crippen LogP contribution in [0.3, 0.4) is 0 Å². The Balaban J connectivity index is 0.000000522. The van der Waals surface area contributed by atoms with Gasteiger partial charge in [0.2, 0.25) is 5.91 Å². The average molecular weight is 568 g/mol. The maximum absolute atomic E-state index is 11.1. The molecule has 7 nitrogen and oxygen atoms in total. The highest BCUT2D eigenvalue weighted by molar-refractivity contribution is 6.19. The number of ketones is 1. The molecular weight excluding hydrogens is 512 g/mol. The van der Waals surface area contributed by atoms with Crippen molar-refractivity contribution in [3.05, 3.63) is 0 Å². The molecule has 0 aliphatic carbocycles. The fourth-order valence-corrected chi connectivity index (χ4v) is 5.23. The van der Waals surface area contributed by atoms with Crippen molar-refractivity contribution in [2.45, 2.75) is 130 Å². The Morgan fingerprint density at radius 3 is 1.78 bits per heavy atom. The van der Waals surface area contributed by atoms with E-state index in [1.165, 1.54) is 11.8 Å². The van der Waals surface area contributed by atoms with Crippen molar-refractivity contribution in [2.24, 2.45) is 17.8 Å². The van der Waals surface area contributed by atoms with E-state index in [1.54, 1.807) is 0 Å². The van der Waals surface area contributed by atoms with Crippen LogP contribution in [0.5, 0.6) is 0 Å². The normalized spacial score (nSPS) is 32.9. The number of hydrogen-bond donors (Lipinski definition) is 0. The van der Waals surface area contributed by atoms with Gasteiger partial charge in [-0.15, -0.1) is 0 Å². The van der Waals surface area contributed by atoms with E-state index < -0.39 is 0 Å². The fraction of sp³-hybridized carbons (Fsp3) is 0.933. The molecule has 0 N–H and O–H groups in total. The summed E-state index contributed by atoms with van der Waals surface area (Å²) < 4.78 is 16.4. The Morgan fingerprint density at radius 1 is 0.854 bits per heavy atom. The van der Waals surface area contributed by atoms with E-state index in [-0.39, 0.29) is 42.6 Å². The molecule has 0 saturated carbocycles. The monoisotopic (exact) mass is 568 g/mol. The van der Waals surface area contributed by atoms with Crippen LogP contribution < -0.4 is 0 Å². The molecule has 3 rings (SSSR count). The van der Waals surface area contributed by atoms with Crippen LogP contribution in [-0.4, -0.2) is 122 Å². The molecule has 3 aliphatic rings. The van der Waals surface area contributed by atoms with Crippen LogP contribution in [0, 0.1) is 17.8 Å². The first-order valence-electron chi connectivity index (χ1n) is 15.6. The summed E-state index contributed by atoms with van der Waals surface area (Å²) in [6.45, 7) is 19.1. The Labute approximate surface area is 257 Å². The molecular formula is C30H56B4N2O5. The topological polar surface area (TPSA) is 68.3 Å². The molecule has 3 saturated heterocycles. The minimum Gasteiger partial charge on any atom is -0.384 e. The molecule has 1 amide bonds. The summed E-state index contributed by atoms with van der Waals surface area (Å²) >= 11 is 0. The molecule has 9 atom stereocenters. The number of carbonyl (C=O) groups is 2. The molecule has 9 unspecified atom stereocenters. The summed E-state index contributed by atoms with van der Waals surface area (Å²) in [6.07, 6.45) is 6.23. The summed E-state index contributed by atoms with van der Waals surface area (Å²) in [5.74, 6) is 1.63. The summed E-state index contributed by atoms with van der Waals surface area (Å²) in [6, 6.07) is -0.103. The number of morpholine rings is 1. The van der Waals surface area contributed by atoms with Gasteiger partial charge in [0, 0.05) is 37.6 Å². The zero-order valence-corrected chi connectivity index (χ0v) is 27.5. The van der Waals surface area contributed by atoms with Crippen molar-refractivity contribution in [3.63, 3.8) is 0 Å². The van der Waals surface area contributed by atoms with Crippen molar-refractivity contribution in [1.82, 2.24) is 9.80 Å². The SMILES string of the molecule is [B]C1CC(C)C(CC)O1.[B]C1CN(C)CC(CC)O1.[B]C1OC(CC)C(C)C1C.[B]CC(=O)N(CCC)CC(C)=O. The second-order valence-electron chi connectivity index (χ2n) is 11.7. The predicted octanol–water partition coefficient (Wildman–Crippen LogP) is 3.50. The summed E-state index contributed by atoms with van der Waals surface area (Å²) in [4.78, 5) is 25.5. The van der Waals surface area contributed by atoms with Crippen molar-refractivity contribution in [1.29, 1.82) is 0 Å². The molecule has 228 valence electrons. The maximum Gasteiger partial charge on any atom is 0.214 e. The van der Waals surface area contributed by atoms with Crippen LogP contribution in [0.4, 0.5) is 0 Å². The number of ether oxygens (including phenoxy) is 3. The van der Waals surface area contributed by atoms with Gasteiger partial charge in [-0.1, -0.05) is 48.5 Å². The third-order valence-corrected chi connectivity index (χ3v) is 7.92. The Kier molecular flexibility index (Phi) is 21.4. The van der Waals surface area contributed by atoms with Gasteiger partial charge >= 0.3 is 0 Å². The van der Waals surface area contributed by atoms with Crippen molar-refractivity contribution < 1.29 is 23.8 Å². The molecule has 0 spiro atoms. The molecule has 0 aromatic heterocycles. The smallest absolute Gasteiger partial charge is 0.214 e. The van der Waals surface area contributed by atoms with Gasteiger partial charge in [0.25, 0.3) is 0 Å². The molecule has 0 bridgehead atoms. The highest BCUT2D eigenvalue weighted by Crippen LogP contribution is 2.31. The number of hydrogen-bond acceptors (Lipinski definition) is 6.